The predicted molar refractivity (Wildman–Crippen MR) is 83.8 cm³/mol. The van der Waals surface area contributed by atoms with Crippen molar-refractivity contribution in [1.29, 1.82) is 0 Å². The minimum atomic E-state index is 0.330. The molecule has 0 aliphatic carbocycles. The third-order valence-electron chi connectivity index (χ3n) is 3.01. The molecule has 0 bridgehead atoms. The smallest absolute Gasteiger partial charge is 0.336 e. The van der Waals surface area contributed by atoms with Crippen molar-refractivity contribution in [3.63, 3.8) is 0 Å². The molecule has 2 heterocycles. The Hall–Kier alpha value is -2.76. The van der Waals surface area contributed by atoms with Gasteiger partial charge in [0, 0.05) is 5.69 Å². The minimum Gasteiger partial charge on any atom is -0.462 e. The number of hydrogen-bond donors (Lipinski definition) is 1. The molecule has 1 aromatic carbocycles. The molecule has 0 aliphatic rings. The van der Waals surface area contributed by atoms with Crippen molar-refractivity contribution in [2.45, 2.75) is 13.8 Å². The molecule has 0 spiro atoms. The van der Waals surface area contributed by atoms with Gasteiger partial charge in [-0.3, -0.25) is 0 Å². The largest absolute Gasteiger partial charge is 0.462 e. The van der Waals surface area contributed by atoms with E-state index in [4.69, 9.17) is 14.9 Å². The predicted octanol–water partition coefficient (Wildman–Crippen LogP) is 3.14. The van der Waals surface area contributed by atoms with Crippen LogP contribution in [-0.2, 0) is 0 Å². The van der Waals surface area contributed by atoms with Gasteiger partial charge in [0.15, 0.2) is 5.76 Å². The minimum absolute atomic E-state index is 0.330. The molecule has 0 unspecified atom stereocenters. The Morgan fingerprint density at radius 2 is 2.00 bits per heavy atom. The van der Waals surface area contributed by atoms with E-state index in [0.717, 1.165) is 5.69 Å². The number of anilines is 1. The Labute approximate surface area is 128 Å². The summed E-state index contributed by atoms with van der Waals surface area (Å²) in [6.07, 6.45) is 1.60. The van der Waals surface area contributed by atoms with Gasteiger partial charge < -0.3 is 14.9 Å². The van der Waals surface area contributed by atoms with Crippen molar-refractivity contribution in [3.8, 4) is 23.3 Å². The first-order valence-corrected chi connectivity index (χ1v) is 7.13. The number of nitrogens with zero attached hydrogens (tertiary/aromatic N) is 3. The van der Waals surface area contributed by atoms with Crippen LogP contribution in [0.2, 0.25) is 0 Å². The molecule has 0 atom stereocenters. The Balaban J connectivity index is 2.01. The average Bonchev–Trinajstić information content (AvgIpc) is 3.15. The quantitative estimate of drug-likeness (QED) is 0.732. The maximum atomic E-state index is 5.74. The van der Waals surface area contributed by atoms with Gasteiger partial charge >= 0.3 is 6.01 Å². The highest BCUT2D eigenvalue weighted by atomic mass is 16.5. The zero-order valence-electron chi connectivity index (χ0n) is 12.6. The number of benzene rings is 1. The van der Waals surface area contributed by atoms with Crippen LogP contribution in [0.3, 0.4) is 0 Å². The van der Waals surface area contributed by atoms with Gasteiger partial charge in [-0.15, -0.1) is 5.10 Å². The van der Waals surface area contributed by atoms with Crippen molar-refractivity contribution < 1.29 is 9.15 Å². The summed E-state index contributed by atoms with van der Waals surface area (Å²) in [5.74, 6) is 1.62. The Morgan fingerprint density at radius 1 is 1.23 bits per heavy atom. The van der Waals surface area contributed by atoms with E-state index in [1.807, 2.05) is 36.4 Å². The molecular weight excluding hydrogens is 280 g/mol. The Kier molecular flexibility index (Phi) is 3.82. The van der Waals surface area contributed by atoms with Crippen molar-refractivity contribution in [1.82, 2.24) is 14.8 Å². The molecule has 6 nitrogen and oxygen atoms in total. The summed E-state index contributed by atoms with van der Waals surface area (Å²) in [7, 11) is 0. The number of rotatable bonds is 5. The molecule has 2 N–H and O–H groups in total. The molecule has 0 saturated carbocycles. The monoisotopic (exact) mass is 298 g/mol. The molecule has 22 heavy (non-hydrogen) atoms. The van der Waals surface area contributed by atoms with E-state index in [1.54, 1.807) is 10.9 Å². The lowest BCUT2D eigenvalue weighted by Crippen LogP contribution is -2.06. The number of furan rings is 1. The van der Waals surface area contributed by atoms with E-state index in [9.17, 15) is 0 Å². The summed E-state index contributed by atoms with van der Waals surface area (Å²) in [5.41, 5.74) is 7.27. The lowest BCUT2D eigenvalue weighted by Gasteiger charge is -2.04. The SMILES string of the molecule is CC(C)COc1nc(-c2ccco2)n(-c2ccc(N)cc2)n1. The summed E-state index contributed by atoms with van der Waals surface area (Å²) in [6, 6.07) is 11.4. The van der Waals surface area contributed by atoms with E-state index in [0.29, 0.717) is 35.8 Å². The van der Waals surface area contributed by atoms with Gasteiger partial charge in [0.2, 0.25) is 5.82 Å². The lowest BCUT2D eigenvalue weighted by atomic mass is 10.2. The summed E-state index contributed by atoms with van der Waals surface area (Å²) >= 11 is 0. The number of ether oxygens (including phenoxy) is 1. The van der Waals surface area contributed by atoms with Gasteiger partial charge in [0.25, 0.3) is 0 Å². The van der Waals surface area contributed by atoms with Crippen LogP contribution in [0.1, 0.15) is 13.8 Å². The average molecular weight is 298 g/mol. The third-order valence-corrected chi connectivity index (χ3v) is 3.01. The molecule has 0 aliphatic heterocycles. The fraction of sp³-hybridized carbons (Fsp3) is 0.250. The van der Waals surface area contributed by atoms with E-state index in [-0.39, 0.29) is 0 Å². The highest BCUT2D eigenvalue weighted by molar-refractivity contribution is 5.53. The standard InChI is InChI=1S/C16H18N4O2/c1-11(2)10-22-16-18-15(14-4-3-9-21-14)20(19-16)13-7-5-12(17)6-8-13/h3-9,11H,10,17H2,1-2H3. The highest BCUT2D eigenvalue weighted by Crippen LogP contribution is 2.24. The van der Waals surface area contributed by atoms with Crippen molar-refractivity contribution in [3.05, 3.63) is 42.7 Å². The van der Waals surface area contributed by atoms with Crippen LogP contribution in [-0.4, -0.2) is 21.4 Å². The lowest BCUT2D eigenvalue weighted by molar-refractivity contribution is 0.251. The Morgan fingerprint density at radius 3 is 2.64 bits per heavy atom. The van der Waals surface area contributed by atoms with E-state index >= 15 is 0 Å². The van der Waals surface area contributed by atoms with Gasteiger partial charge in [-0.05, 0) is 42.3 Å². The van der Waals surface area contributed by atoms with E-state index < -0.39 is 0 Å². The molecule has 114 valence electrons. The molecule has 0 radical (unpaired) electrons. The molecule has 3 aromatic rings. The van der Waals surface area contributed by atoms with Gasteiger partial charge in [-0.25, -0.2) is 4.68 Å². The molecule has 0 fully saturated rings. The number of aromatic nitrogens is 3. The summed E-state index contributed by atoms with van der Waals surface area (Å²) in [5, 5.41) is 4.42. The van der Waals surface area contributed by atoms with Gasteiger partial charge in [-0.1, -0.05) is 13.8 Å². The summed E-state index contributed by atoms with van der Waals surface area (Å²) < 4.78 is 12.8. The first kappa shape index (κ1) is 14.2. The number of hydrogen-bond acceptors (Lipinski definition) is 5. The second kappa shape index (κ2) is 5.93. The van der Waals surface area contributed by atoms with Crippen LogP contribution in [0, 0.1) is 5.92 Å². The van der Waals surface area contributed by atoms with Crippen molar-refractivity contribution in [2.75, 3.05) is 12.3 Å². The van der Waals surface area contributed by atoms with Crippen LogP contribution in [0.5, 0.6) is 6.01 Å². The zero-order chi connectivity index (χ0) is 15.5. The molecule has 3 rings (SSSR count). The highest BCUT2D eigenvalue weighted by Gasteiger charge is 2.16. The Bertz CT molecular complexity index is 730. The molecule has 0 saturated heterocycles. The fourth-order valence-electron chi connectivity index (χ4n) is 1.96. The van der Waals surface area contributed by atoms with Crippen molar-refractivity contribution >= 4 is 5.69 Å². The van der Waals surface area contributed by atoms with Gasteiger partial charge in [0.05, 0.1) is 18.6 Å². The first-order chi connectivity index (χ1) is 10.6. The van der Waals surface area contributed by atoms with Gasteiger partial charge in [0.1, 0.15) is 0 Å². The zero-order valence-corrected chi connectivity index (χ0v) is 12.6. The van der Waals surface area contributed by atoms with E-state index in [1.165, 1.54) is 0 Å². The topological polar surface area (TPSA) is 79.1 Å². The molecule has 0 amide bonds. The van der Waals surface area contributed by atoms with Crippen LogP contribution in [0.25, 0.3) is 17.3 Å². The van der Waals surface area contributed by atoms with Crippen LogP contribution in [0.15, 0.2) is 47.1 Å². The summed E-state index contributed by atoms with van der Waals surface area (Å²) in [4.78, 5) is 4.43. The van der Waals surface area contributed by atoms with Crippen LogP contribution < -0.4 is 10.5 Å². The van der Waals surface area contributed by atoms with E-state index in [2.05, 4.69) is 23.9 Å². The number of nitrogens with two attached hydrogens (primary N) is 1. The third kappa shape index (κ3) is 2.95. The van der Waals surface area contributed by atoms with Crippen LogP contribution in [0.4, 0.5) is 5.69 Å². The van der Waals surface area contributed by atoms with Gasteiger partial charge in [-0.2, -0.15) is 4.98 Å². The molecule has 2 aromatic heterocycles. The first-order valence-electron chi connectivity index (χ1n) is 7.13. The second-order valence-corrected chi connectivity index (χ2v) is 5.40. The number of nitrogen functional groups attached to an aromatic ring is 1. The van der Waals surface area contributed by atoms with Crippen molar-refractivity contribution in [2.24, 2.45) is 5.92 Å². The molecular formula is C16H18N4O2. The van der Waals surface area contributed by atoms with Crippen LogP contribution >= 0.6 is 0 Å². The second-order valence-electron chi connectivity index (χ2n) is 5.40. The maximum absolute atomic E-state index is 5.74. The normalized spacial score (nSPS) is 11.0. The summed E-state index contributed by atoms with van der Waals surface area (Å²) in [6.45, 7) is 4.71. The fourth-order valence-corrected chi connectivity index (χ4v) is 1.96. The molecule has 6 heteroatoms. The maximum Gasteiger partial charge on any atom is 0.336 e.